The summed E-state index contributed by atoms with van der Waals surface area (Å²) in [6.07, 6.45) is 8.80. The van der Waals surface area contributed by atoms with E-state index in [9.17, 15) is 0 Å². The molecule has 1 heterocycles. The Morgan fingerprint density at radius 2 is 2.58 bits per heavy atom. The largest absolute Gasteiger partial charge is 0.361 e. The minimum atomic E-state index is 0.711. The summed E-state index contributed by atoms with van der Waals surface area (Å²) in [5, 5.41) is 0. The van der Waals surface area contributed by atoms with E-state index in [1.165, 1.54) is 5.57 Å². The molecule has 0 radical (unpaired) electrons. The molecule has 66 valence electrons. The summed E-state index contributed by atoms with van der Waals surface area (Å²) in [5.41, 5.74) is 6.59. The molecule has 3 nitrogen and oxygen atoms in total. The third-order valence-electron chi connectivity index (χ3n) is 1.60. The minimum Gasteiger partial charge on any atom is -0.361 e. The van der Waals surface area contributed by atoms with E-state index < -0.39 is 0 Å². The van der Waals surface area contributed by atoms with E-state index >= 15 is 0 Å². The lowest BCUT2D eigenvalue weighted by molar-refractivity contribution is 0.562. The van der Waals surface area contributed by atoms with Gasteiger partial charge in [0.15, 0.2) is 0 Å². The zero-order valence-electron chi connectivity index (χ0n) is 7.40. The number of likely N-dealkylation sites (N-methyl/N-ethyl adjacent to an activating group) is 1. The lowest BCUT2D eigenvalue weighted by Crippen LogP contribution is -2.20. The molecule has 0 aliphatic carbocycles. The molecular formula is C9H15N3. The Balaban J connectivity index is 2.42. The molecule has 0 saturated heterocycles. The highest BCUT2D eigenvalue weighted by atomic mass is 15.1. The van der Waals surface area contributed by atoms with Gasteiger partial charge in [-0.2, -0.15) is 0 Å². The maximum Gasteiger partial charge on any atom is 0.0905 e. The van der Waals surface area contributed by atoms with Crippen LogP contribution in [0.1, 0.15) is 6.42 Å². The summed E-state index contributed by atoms with van der Waals surface area (Å²) < 4.78 is 0. The van der Waals surface area contributed by atoms with Crippen LogP contribution < -0.4 is 5.73 Å². The van der Waals surface area contributed by atoms with Gasteiger partial charge >= 0.3 is 0 Å². The van der Waals surface area contributed by atoms with Gasteiger partial charge in [0.25, 0.3) is 0 Å². The van der Waals surface area contributed by atoms with Gasteiger partial charge < -0.3 is 10.6 Å². The van der Waals surface area contributed by atoms with E-state index in [2.05, 4.69) is 17.1 Å². The van der Waals surface area contributed by atoms with Crippen molar-refractivity contribution in [1.29, 1.82) is 0 Å². The zero-order valence-corrected chi connectivity index (χ0v) is 7.40. The Labute approximate surface area is 73.3 Å². The SMILES string of the molecule is CN1C=NC=C(/C=C/CCN)C1. The number of nitrogens with two attached hydrogens (primary N) is 1. The first kappa shape index (κ1) is 9.00. The highest BCUT2D eigenvalue weighted by Gasteiger charge is 1.99. The molecule has 0 saturated carbocycles. The molecule has 0 unspecified atom stereocenters. The van der Waals surface area contributed by atoms with Crippen molar-refractivity contribution in [3.05, 3.63) is 23.9 Å². The molecule has 1 rings (SSSR count). The fraction of sp³-hybridized carbons (Fsp3) is 0.444. The standard InChI is InChI=1S/C9H15N3/c1-12-7-9(6-11-8-12)4-2-3-5-10/h2,4,6,8H,3,5,7,10H2,1H3/b4-2+. The Kier molecular flexibility index (Phi) is 3.54. The van der Waals surface area contributed by atoms with Gasteiger partial charge in [0.05, 0.1) is 6.34 Å². The normalized spacial score (nSPS) is 17.2. The van der Waals surface area contributed by atoms with Gasteiger partial charge in [-0.05, 0) is 18.5 Å². The van der Waals surface area contributed by atoms with Crippen LogP contribution in [0.3, 0.4) is 0 Å². The van der Waals surface area contributed by atoms with Crippen molar-refractivity contribution >= 4 is 6.34 Å². The van der Waals surface area contributed by atoms with Crippen LogP contribution in [0, 0.1) is 0 Å². The number of rotatable bonds is 3. The van der Waals surface area contributed by atoms with Gasteiger partial charge in [-0.15, -0.1) is 0 Å². The van der Waals surface area contributed by atoms with Crippen molar-refractivity contribution in [1.82, 2.24) is 4.90 Å². The number of hydrogen-bond donors (Lipinski definition) is 1. The van der Waals surface area contributed by atoms with Gasteiger partial charge in [0, 0.05) is 19.8 Å². The Morgan fingerprint density at radius 3 is 3.25 bits per heavy atom. The third kappa shape index (κ3) is 2.88. The second-order valence-corrected chi connectivity index (χ2v) is 2.86. The first-order valence-corrected chi connectivity index (χ1v) is 4.12. The smallest absolute Gasteiger partial charge is 0.0905 e. The van der Waals surface area contributed by atoms with Crippen molar-refractivity contribution in [2.45, 2.75) is 6.42 Å². The summed E-state index contributed by atoms with van der Waals surface area (Å²) in [6, 6.07) is 0. The highest BCUT2D eigenvalue weighted by Crippen LogP contribution is 2.03. The molecule has 2 N–H and O–H groups in total. The van der Waals surface area contributed by atoms with E-state index in [1.807, 2.05) is 24.5 Å². The average Bonchev–Trinajstić information content (AvgIpc) is 2.05. The molecule has 1 aliphatic heterocycles. The van der Waals surface area contributed by atoms with Crippen molar-refractivity contribution in [2.75, 3.05) is 20.1 Å². The second kappa shape index (κ2) is 4.72. The van der Waals surface area contributed by atoms with Crippen LogP contribution in [0.15, 0.2) is 28.9 Å². The second-order valence-electron chi connectivity index (χ2n) is 2.86. The number of hydrogen-bond acceptors (Lipinski definition) is 3. The third-order valence-corrected chi connectivity index (χ3v) is 1.60. The van der Waals surface area contributed by atoms with E-state index in [4.69, 9.17) is 5.73 Å². The minimum absolute atomic E-state index is 0.711. The molecule has 0 spiro atoms. The van der Waals surface area contributed by atoms with Gasteiger partial charge in [-0.1, -0.05) is 12.2 Å². The van der Waals surface area contributed by atoms with Gasteiger partial charge in [0.2, 0.25) is 0 Å². The molecule has 1 aliphatic rings. The van der Waals surface area contributed by atoms with E-state index in [-0.39, 0.29) is 0 Å². The van der Waals surface area contributed by atoms with Crippen LogP contribution in [0.5, 0.6) is 0 Å². The van der Waals surface area contributed by atoms with E-state index in [0.29, 0.717) is 6.54 Å². The Morgan fingerprint density at radius 1 is 1.75 bits per heavy atom. The molecular weight excluding hydrogens is 150 g/mol. The molecule has 0 aromatic heterocycles. The lowest BCUT2D eigenvalue weighted by atomic mass is 10.2. The molecule has 0 amide bonds. The van der Waals surface area contributed by atoms with E-state index in [1.54, 1.807) is 0 Å². The Bertz CT molecular complexity index is 216. The fourth-order valence-corrected chi connectivity index (χ4v) is 1.04. The van der Waals surface area contributed by atoms with Crippen molar-refractivity contribution in [3.8, 4) is 0 Å². The van der Waals surface area contributed by atoms with Crippen LogP contribution in [-0.2, 0) is 0 Å². The molecule has 0 atom stereocenters. The van der Waals surface area contributed by atoms with Crippen LogP contribution in [0.25, 0.3) is 0 Å². The number of nitrogens with zero attached hydrogens (tertiary/aromatic N) is 2. The molecule has 12 heavy (non-hydrogen) atoms. The fourth-order valence-electron chi connectivity index (χ4n) is 1.04. The van der Waals surface area contributed by atoms with Crippen molar-refractivity contribution < 1.29 is 0 Å². The van der Waals surface area contributed by atoms with Crippen LogP contribution >= 0.6 is 0 Å². The zero-order chi connectivity index (χ0) is 8.81. The topological polar surface area (TPSA) is 41.6 Å². The monoisotopic (exact) mass is 165 g/mol. The molecule has 0 aromatic rings. The molecule has 0 bridgehead atoms. The average molecular weight is 165 g/mol. The first-order valence-electron chi connectivity index (χ1n) is 4.12. The Hall–Kier alpha value is -1.09. The van der Waals surface area contributed by atoms with Crippen LogP contribution in [0.4, 0.5) is 0 Å². The van der Waals surface area contributed by atoms with Crippen LogP contribution in [-0.4, -0.2) is 31.4 Å². The van der Waals surface area contributed by atoms with Crippen molar-refractivity contribution in [3.63, 3.8) is 0 Å². The maximum atomic E-state index is 5.36. The van der Waals surface area contributed by atoms with Crippen molar-refractivity contribution in [2.24, 2.45) is 10.7 Å². The summed E-state index contributed by atoms with van der Waals surface area (Å²) in [7, 11) is 2.01. The predicted molar refractivity (Wildman–Crippen MR) is 52.0 cm³/mol. The quantitative estimate of drug-likeness (QED) is 0.670. The first-order chi connectivity index (χ1) is 5.83. The predicted octanol–water partition coefficient (Wildman–Crippen LogP) is 0.749. The highest BCUT2D eigenvalue weighted by molar-refractivity contribution is 5.58. The summed E-state index contributed by atoms with van der Waals surface area (Å²) in [6.45, 7) is 1.65. The maximum absolute atomic E-state index is 5.36. The molecule has 0 aromatic carbocycles. The van der Waals surface area contributed by atoms with Crippen LogP contribution in [0.2, 0.25) is 0 Å². The molecule has 3 heteroatoms. The number of aliphatic imine (C=N–C) groups is 1. The van der Waals surface area contributed by atoms with Gasteiger partial charge in [0.1, 0.15) is 0 Å². The lowest BCUT2D eigenvalue weighted by Gasteiger charge is -2.16. The van der Waals surface area contributed by atoms with Gasteiger partial charge in [-0.25, -0.2) is 4.99 Å². The van der Waals surface area contributed by atoms with Gasteiger partial charge in [-0.3, -0.25) is 0 Å². The van der Waals surface area contributed by atoms with E-state index in [0.717, 1.165) is 13.0 Å². The summed E-state index contributed by atoms with van der Waals surface area (Å²) in [5.74, 6) is 0. The summed E-state index contributed by atoms with van der Waals surface area (Å²) in [4.78, 5) is 6.12. The molecule has 0 fully saturated rings. The summed E-state index contributed by atoms with van der Waals surface area (Å²) >= 11 is 0.